The predicted molar refractivity (Wildman–Crippen MR) is 56.4 cm³/mol. The van der Waals surface area contributed by atoms with Crippen LogP contribution in [0.3, 0.4) is 0 Å². The van der Waals surface area contributed by atoms with E-state index in [0.717, 1.165) is 0 Å². The normalized spacial score (nSPS) is 15.0. The topological polar surface area (TPSA) is 0 Å². The third-order valence-corrected chi connectivity index (χ3v) is 15.8. The van der Waals surface area contributed by atoms with Gasteiger partial charge in [-0.3, -0.25) is 0 Å². The second-order valence-electron chi connectivity index (χ2n) is 5.69. The van der Waals surface area contributed by atoms with E-state index in [1.54, 1.807) is 0 Å². The Balaban J connectivity index is 4.44. The monoisotopic (exact) mass is 394 g/mol. The van der Waals surface area contributed by atoms with Crippen LogP contribution in [0.15, 0.2) is 0 Å². The summed E-state index contributed by atoms with van der Waals surface area (Å²) in [6.45, 7) is 0. The number of hydrogen-bond donors (Lipinski definition) is 0. The average Bonchev–Trinajstić information content (AvgIpc) is 1.52. The van der Waals surface area contributed by atoms with Gasteiger partial charge in [-0.1, -0.05) is 0 Å². The summed E-state index contributed by atoms with van der Waals surface area (Å²) in [5, 5.41) is 0. The standard InChI is InChI=1S/C2H2F2.6CH3.2Sn/c1-2(3)4;;;;;;;;/h1H2;6*1H3;;. The Bertz CT molecular complexity index is 153. The fourth-order valence-corrected chi connectivity index (χ4v) is 26.6. The second-order valence-corrected chi connectivity index (χ2v) is 36.2. The molecule has 0 atom stereocenters. The van der Waals surface area contributed by atoms with Crippen LogP contribution in [0, 0.1) is 0 Å². The number of hydrogen-bond acceptors (Lipinski definition) is 0. The molecule has 0 N–H and O–H groups in total. The van der Waals surface area contributed by atoms with E-state index in [1.807, 2.05) is 14.8 Å². The van der Waals surface area contributed by atoms with Crippen LogP contribution >= 0.6 is 0 Å². The molecule has 0 aliphatic heterocycles. The maximum atomic E-state index is 13.6. The van der Waals surface area contributed by atoms with Crippen molar-refractivity contribution >= 4 is 36.8 Å². The molecule has 4 heteroatoms. The zero-order valence-corrected chi connectivity index (χ0v) is 14.7. The van der Waals surface area contributed by atoms with Crippen LogP contribution < -0.4 is 0 Å². The number of halogens is 2. The van der Waals surface area contributed by atoms with Gasteiger partial charge in [0.1, 0.15) is 0 Å². The van der Waals surface area contributed by atoms with E-state index in [1.165, 1.54) is 0 Å². The van der Waals surface area contributed by atoms with Crippen LogP contribution in [0.1, 0.15) is 0 Å². The van der Waals surface area contributed by atoms with Crippen LogP contribution in [0.4, 0.5) is 8.78 Å². The van der Waals surface area contributed by atoms with Crippen LogP contribution in [0.25, 0.3) is 0 Å². The molecule has 0 saturated heterocycles. The van der Waals surface area contributed by atoms with Gasteiger partial charge in [0, 0.05) is 0 Å². The van der Waals surface area contributed by atoms with Gasteiger partial charge in [-0.2, -0.15) is 0 Å². The Morgan fingerprint density at radius 3 is 1.33 bits per heavy atom. The Morgan fingerprint density at radius 2 is 1.25 bits per heavy atom. The first-order valence-corrected chi connectivity index (χ1v) is 24.9. The molecule has 0 amide bonds. The molecule has 0 aromatic heterocycles. The van der Waals surface area contributed by atoms with Crippen LogP contribution in [-0.4, -0.2) is 40.7 Å². The van der Waals surface area contributed by atoms with Crippen molar-refractivity contribution in [3.63, 3.8) is 0 Å². The van der Waals surface area contributed by atoms with Crippen molar-refractivity contribution in [1.29, 1.82) is 0 Å². The first-order chi connectivity index (χ1) is 4.96. The molecule has 0 spiro atoms. The summed E-state index contributed by atoms with van der Waals surface area (Å²) in [5.74, 6) is 0. The summed E-state index contributed by atoms with van der Waals surface area (Å²) in [7, 11) is 0. The molecule has 0 aromatic carbocycles. The van der Waals surface area contributed by atoms with E-state index in [2.05, 4.69) is 14.8 Å². The van der Waals surface area contributed by atoms with E-state index in [9.17, 15) is 8.78 Å². The van der Waals surface area contributed by atoms with E-state index in [0.29, 0.717) is 0 Å². The average molecular weight is 392 g/mol. The van der Waals surface area contributed by atoms with Crippen molar-refractivity contribution in [2.24, 2.45) is 0 Å². The molecule has 0 unspecified atom stereocenters. The minimum atomic E-state index is -2.99. The molecule has 0 rings (SSSR count). The molecule has 0 aliphatic carbocycles. The molecular weight excluding hydrogens is 372 g/mol. The van der Waals surface area contributed by atoms with Gasteiger partial charge in [0.15, 0.2) is 0 Å². The van der Waals surface area contributed by atoms with Crippen molar-refractivity contribution in [3.05, 3.63) is 0 Å². The van der Waals surface area contributed by atoms with Crippen molar-refractivity contribution in [2.75, 3.05) is 0 Å². The van der Waals surface area contributed by atoms with Crippen molar-refractivity contribution in [3.8, 4) is 0 Å². The van der Waals surface area contributed by atoms with Crippen molar-refractivity contribution in [1.82, 2.24) is 0 Å². The van der Waals surface area contributed by atoms with Crippen LogP contribution in [0.5, 0.6) is 0 Å². The van der Waals surface area contributed by atoms with E-state index < -0.39 is 40.7 Å². The Kier molecular flexibility index (Phi) is 4.38. The molecule has 0 heterocycles. The SMILES string of the molecule is [CH3][Sn]([CH3])([CH3])[CH2][C](F)(F)[Sn]([CH3])([CH3])[CH3]. The van der Waals surface area contributed by atoms with E-state index in [4.69, 9.17) is 0 Å². The van der Waals surface area contributed by atoms with Gasteiger partial charge in [-0.25, -0.2) is 0 Å². The summed E-state index contributed by atoms with van der Waals surface area (Å²) in [4.78, 5) is 11.7. The summed E-state index contributed by atoms with van der Waals surface area (Å²) >= 11 is -5.28. The molecule has 0 aromatic rings. The Labute approximate surface area is 82.9 Å². The molecule has 0 fully saturated rings. The Morgan fingerprint density at radius 1 is 0.917 bits per heavy atom. The van der Waals surface area contributed by atoms with Crippen molar-refractivity contribution < 1.29 is 8.78 Å². The van der Waals surface area contributed by atoms with Gasteiger partial charge in [-0.15, -0.1) is 0 Å². The zero-order valence-electron chi connectivity index (χ0n) is 8.96. The molecule has 0 radical (unpaired) electrons. The number of alkyl halides is 2. The van der Waals surface area contributed by atoms with Gasteiger partial charge in [0.05, 0.1) is 0 Å². The van der Waals surface area contributed by atoms with Gasteiger partial charge in [-0.05, 0) is 0 Å². The first kappa shape index (κ1) is 13.5. The fourth-order valence-electron chi connectivity index (χ4n) is 0.931. The summed E-state index contributed by atoms with van der Waals surface area (Å²) in [5.41, 5.74) is 0. The molecular formula is C8H20F2Sn2. The zero-order chi connectivity index (χ0) is 10.2. The van der Waals surface area contributed by atoms with E-state index >= 15 is 0 Å². The molecule has 0 nitrogen and oxygen atoms in total. The molecule has 0 bridgehead atoms. The maximum absolute atomic E-state index is 13.6. The summed E-state index contributed by atoms with van der Waals surface area (Å²) in [6, 6.07) is 0. The van der Waals surface area contributed by atoms with Crippen molar-refractivity contribution in [2.45, 2.75) is 38.0 Å². The summed E-state index contributed by atoms with van der Waals surface area (Å²) < 4.78 is 25.1. The van der Waals surface area contributed by atoms with Crippen LogP contribution in [0.2, 0.25) is 34.1 Å². The first-order valence-electron chi connectivity index (χ1n) is 4.34. The van der Waals surface area contributed by atoms with Crippen LogP contribution in [-0.2, 0) is 0 Å². The van der Waals surface area contributed by atoms with Gasteiger partial charge >= 0.3 is 83.5 Å². The fraction of sp³-hybridized carbons (Fsp3) is 1.00. The minimum absolute atomic E-state index is 0.251. The van der Waals surface area contributed by atoms with Gasteiger partial charge in [0.25, 0.3) is 0 Å². The molecule has 0 aliphatic rings. The third kappa shape index (κ3) is 4.63. The second kappa shape index (κ2) is 3.91. The van der Waals surface area contributed by atoms with E-state index in [-0.39, 0.29) is 4.44 Å². The van der Waals surface area contributed by atoms with Gasteiger partial charge in [0.2, 0.25) is 0 Å². The number of rotatable bonds is 3. The third-order valence-electron chi connectivity index (χ3n) is 1.85. The van der Waals surface area contributed by atoms with Gasteiger partial charge < -0.3 is 0 Å². The Hall–Kier alpha value is 1.46. The molecule has 74 valence electrons. The summed E-state index contributed by atoms with van der Waals surface area (Å²) in [6.07, 6.45) is 0. The molecule has 12 heavy (non-hydrogen) atoms. The predicted octanol–water partition coefficient (Wildman–Crippen LogP) is 3.84. The molecule has 0 saturated carbocycles. The quantitative estimate of drug-likeness (QED) is 0.641.